The van der Waals surface area contributed by atoms with Gasteiger partial charge in [0.2, 0.25) is 0 Å². The summed E-state index contributed by atoms with van der Waals surface area (Å²) >= 11 is 0. The molecule has 5 nitrogen and oxygen atoms in total. The van der Waals surface area contributed by atoms with E-state index in [2.05, 4.69) is 48.9 Å². The molecule has 3 N–H and O–H groups in total. The Labute approximate surface area is 258 Å². The van der Waals surface area contributed by atoms with Gasteiger partial charge in [0, 0.05) is 23.9 Å². The van der Waals surface area contributed by atoms with Crippen molar-refractivity contribution in [1.29, 1.82) is 0 Å². The van der Waals surface area contributed by atoms with Gasteiger partial charge in [0.1, 0.15) is 0 Å². The molecule has 13 atom stereocenters. The average molecular weight is 603 g/mol. The van der Waals surface area contributed by atoms with Crippen LogP contribution in [0.15, 0.2) is 11.6 Å². The predicted octanol–water partition coefficient (Wildman–Crippen LogP) is 6.63. The minimum atomic E-state index is -0.630. The van der Waals surface area contributed by atoms with Crippen LogP contribution in [0, 0.1) is 52.3 Å². The Kier molecular flexibility index (Phi) is 9.18. The van der Waals surface area contributed by atoms with Gasteiger partial charge in [-0.1, -0.05) is 32.4 Å². The van der Waals surface area contributed by atoms with E-state index in [0.717, 1.165) is 38.5 Å². The quantitative estimate of drug-likeness (QED) is 0.165. The van der Waals surface area contributed by atoms with Crippen molar-refractivity contribution in [1.82, 2.24) is 0 Å². The number of hydrogen-bond acceptors (Lipinski definition) is 5. The van der Waals surface area contributed by atoms with Crippen LogP contribution in [-0.4, -0.2) is 57.3 Å². The van der Waals surface area contributed by atoms with Gasteiger partial charge in [-0.25, -0.2) is 0 Å². The highest BCUT2D eigenvalue weighted by Gasteiger charge is 2.67. The predicted molar refractivity (Wildman–Crippen MR) is 172 cm³/mol. The lowest BCUT2D eigenvalue weighted by Crippen LogP contribution is -2.60. The van der Waals surface area contributed by atoms with E-state index in [1.807, 2.05) is 13.8 Å². The number of hydrogen-bond donors (Lipinski definition) is 3. The Morgan fingerprint density at radius 2 is 1.86 bits per heavy atom. The first kappa shape index (κ1) is 32.9. The summed E-state index contributed by atoms with van der Waals surface area (Å²) in [7, 11) is 3.16. The van der Waals surface area contributed by atoms with Gasteiger partial charge in [-0.15, -0.1) is 21.6 Å². The van der Waals surface area contributed by atoms with Crippen molar-refractivity contribution in [2.75, 3.05) is 6.61 Å². The second-order valence-corrected chi connectivity index (χ2v) is 17.6. The fourth-order valence-electron chi connectivity index (χ4n) is 10.9. The lowest BCUT2D eigenvalue weighted by atomic mass is 9.39. The minimum Gasteiger partial charge on any atom is -0.394 e. The number of fused-ring (bicyclic) bond motifs is 5. The summed E-state index contributed by atoms with van der Waals surface area (Å²) in [5.41, 5.74) is 1.65. The molecule has 0 aromatic heterocycles. The molecule has 42 heavy (non-hydrogen) atoms. The fourth-order valence-corrected chi connectivity index (χ4v) is 11.4. The van der Waals surface area contributed by atoms with Gasteiger partial charge >= 0.3 is 0 Å². The van der Waals surface area contributed by atoms with Crippen LogP contribution >= 0.6 is 9.24 Å². The largest absolute Gasteiger partial charge is 0.394 e. The molecule has 0 aromatic rings. The maximum absolute atomic E-state index is 10.3. The third kappa shape index (κ3) is 5.58. The lowest BCUT2D eigenvalue weighted by molar-refractivity contribution is -0.245. The first-order chi connectivity index (χ1) is 19.6. The molecule has 4 aliphatic carbocycles. The first-order valence-electron chi connectivity index (χ1n) is 16.9. The van der Waals surface area contributed by atoms with Gasteiger partial charge in [-0.05, 0) is 119 Å². The molecule has 5 rings (SSSR count). The van der Waals surface area contributed by atoms with Crippen molar-refractivity contribution in [3.63, 3.8) is 0 Å². The Bertz CT molecular complexity index is 1060. The van der Waals surface area contributed by atoms with E-state index in [1.165, 1.54) is 31.3 Å². The Balaban J connectivity index is 1.34. The summed E-state index contributed by atoms with van der Waals surface area (Å²) in [6.45, 7) is 13.8. The summed E-state index contributed by atoms with van der Waals surface area (Å²) in [6.07, 6.45) is 19.4. The Hall–Kier alpha value is -0.470. The second-order valence-electron chi connectivity index (χ2n) is 16.4. The number of terminal acetylenes is 1. The van der Waals surface area contributed by atoms with Crippen molar-refractivity contribution < 1.29 is 24.8 Å². The summed E-state index contributed by atoms with van der Waals surface area (Å²) < 4.78 is 12.6. The number of ether oxygens (including phenoxy) is 2. The molecular weight excluding hydrogens is 543 g/mol. The van der Waals surface area contributed by atoms with Gasteiger partial charge in [-0.2, -0.15) is 0 Å². The molecule has 0 spiro atoms. The minimum absolute atomic E-state index is 0.000354. The summed E-state index contributed by atoms with van der Waals surface area (Å²) in [6, 6.07) is 0. The van der Waals surface area contributed by atoms with Crippen LogP contribution in [0.1, 0.15) is 119 Å². The summed E-state index contributed by atoms with van der Waals surface area (Å²) in [5, 5.41) is 30.1. The zero-order chi connectivity index (χ0) is 30.7. The van der Waals surface area contributed by atoms with Crippen molar-refractivity contribution in [3.05, 3.63) is 11.6 Å². The third-order valence-corrected chi connectivity index (χ3v) is 14.2. The SMILES string of the molecule is C#C[C@H](CCCC(C)(C)O)C1CC[C@@]2(C)C3CC=C4C(CC[C@H](O[C@H]5C[C@@H](O)C[C@@H](CO)O5)[C@@]4(C)P)[C@]3(C)CC[C@]12C. The van der Waals surface area contributed by atoms with E-state index in [4.69, 9.17) is 15.9 Å². The molecule has 3 saturated carbocycles. The van der Waals surface area contributed by atoms with E-state index < -0.39 is 18.0 Å². The molecule has 6 heteroatoms. The molecule has 0 radical (unpaired) electrons. The van der Waals surface area contributed by atoms with Crippen LogP contribution in [0.4, 0.5) is 0 Å². The molecule has 0 aromatic carbocycles. The highest BCUT2D eigenvalue weighted by Crippen LogP contribution is 2.75. The second kappa shape index (κ2) is 11.7. The maximum Gasteiger partial charge on any atom is 0.160 e. The van der Waals surface area contributed by atoms with Gasteiger partial charge in [0.05, 0.1) is 30.5 Å². The topological polar surface area (TPSA) is 79.2 Å². The average Bonchev–Trinajstić information content (AvgIpc) is 3.18. The third-order valence-electron chi connectivity index (χ3n) is 13.5. The number of allylic oxidation sites excluding steroid dienone is 1. The van der Waals surface area contributed by atoms with Crippen molar-refractivity contribution in [2.24, 2.45) is 39.9 Å². The van der Waals surface area contributed by atoms with E-state index in [0.29, 0.717) is 30.6 Å². The summed E-state index contributed by atoms with van der Waals surface area (Å²) in [4.78, 5) is 0. The van der Waals surface area contributed by atoms with Crippen LogP contribution in [0.5, 0.6) is 0 Å². The highest BCUT2D eigenvalue weighted by atomic mass is 31.0. The van der Waals surface area contributed by atoms with Gasteiger partial charge in [0.15, 0.2) is 6.29 Å². The van der Waals surface area contributed by atoms with E-state index in [-0.39, 0.29) is 46.1 Å². The van der Waals surface area contributed by atoms with Crippen LogP contribution in [0.3, 0.4) is 0 Å². The number of aliphatic hydroxyl groups is 3. The fraction of sp³-hybridized carbons (Fsp3) is 0.889. The molecule has 1 saturated heterocycles. The molecule has 4 fully saturated rings. The van der Waals surface area contributed by atoms with E-state index >= 15 is 0 Å². The summed E-state index contributed by atoms with van der Waals surface area (Å²) in [5.74, 6) is 5.25. The molecule has 5 aliphatic rings. The lowest BCUT2D eigenvalue weighted by Gasteiger charge is -2.66. The van der Waals surface area contributed by atoms with Crippen molar-refractivity contribution in [3.8, 4) is 12.3 Å². The van der Waals surface area contributed by atoms with E-state index in [9.17, 15) is 15.3 Å². The molecule has 0 bridgehead atoms. The molecule has 238 valence electrons. The van der Waals surface area contributed by atoms with Crippen LogP contribution in [-0.2, 0) is 9.47 Å². The van der Waals surface area contributed by atoms with Crippen LogP contribution in [0.2, 0.25) is 0 Å². The van der Waals surface area contributed by atoms with E-state index in [1.54, 1.807) is 0 Å². The highest BCUT2D eigenvalue weighted by molar-refractivity contribution is 7.19. The van der Waals surface area contributed by atoms with Gasteiger partial charge in [-0.3, -0.25) is 0 Å². The number of rotatable bonds is 8. The maximum atomic E-state index is 10.3. The molecule has 4 unspecified atom stereocenters. The zero-order valence-electron chi connectivity index (χ0n) is 27.2. The normalized spacial score (nSPS) is 47.9. The van der Waals surface area contributed by atoms with Crippen LogP contribution < -0.4 is 0 Å². The Morgan fingerprint density at radius 1 is 1.12 bits per heavy atom. The number of aliphatic hydroxyl groups excluding tert-OH is 2. The molecule has 1 aliphatic heterocycles. The molecule has 0 amide bonds. The van der Waals surface area contributed by atoms with Gasteiger partial charge < -0.3 is 24.8 Å². The Morgan fingerprint density at radius 3 is 2.52 bits per heavy atom. The monoisotopic (exact) mass is 602 g/mol. The molecular formula is C36H59O5P. The first-order valence-corrected chi connectivity index (χ1v) is 17.4. The smallest absolute Gasteiger partial charge is 0.160 e. The van der Waals surface area contributed by atoms with Gasteiger partial charge in [0.25, 0.3) is 0 Å². The van der Waals surface area contributed by atoms with Crippen LogP contribution in [0.25, 0.3) is 0 Å². The van der Waals surface area contributed by atoms with Crippen molar-refractivity contribution >= 4 is 9.24 Å². The van der Waals surface area contributed by atoms with Crippen molar-refractivity contribution in [2.45, 2.75) is 154 Å². The molecule has 1 heterocycles. The standard InChI is InChI=1S/C36H59O5P/c1-8-23(10-9-16-32(2,3)39)26-15-17-35(6)29-13-11-28-27(33(29,4)18-19-34(26,35)5)12-14-30(36(28,7)42)41-31-21-24(38)20-25(22-37)40-31/h1,11,23-27,29-31,37-39H,9-10,12-22,42H2,2-7H3/t23-,24+,25+,26?,27?,29?,30+,31+,33+,34-,35+,36+/m1/s1. The zero-order valence-corrected chi connectivity index (χ0v) is 28.4.